The smallest absolute Gasteiger partial charge is 0.407 e. The van der Waals surface area contributed by atoms with Crippen molar-refractivity contribution in [3.63, 3.8) is 0 Å². The van der Waals surface area contributed by atoms with Crippen LogP contribution in [0.25, 0.3) is 0 Å². The Bertz CT molecular complexity index is 379. The Morgan fingerprint density at radius 3 is 2.55 bits per heavy atom. The minimum absolute atomic E-state index is 0.0557. The normalized spacial score (nSPS) is 12.2. The number of amides is 2. The maximum Gasteiger partial charge on any atom is 0.407 e. The zero-order valence-corrected chi connectivity index (χ0v) is 13.5. The lowest BCUT2D eigenvalue weighted by Crippen LogP contribution is -2.35. The number of halogens is 1. The number of rotatable bonds is 7. The standard InChI is InChI=1S/C12H21BrN4O3/c1-12(2,3)20-11(19)16-7-8(13)5-6-9(14)10(18)17-15-4/h8,14H,4-7H2,1-3H3,(H,16,19)(H,17,18). The quantitative estimate of drug-likeness (QED) is 0.371. The Balaban J connectivity index is 3.92. The van der Waals surface area contributed by atoms with Crippen LogP contribution < -0.4 is 10.7 Å². The molecule has 0 radical (unpaired) electrons. The predicted octanol–water partition coefficient (Wildman–Crippen LogP) is 1.81. The first-order chi connectivity index (χ1) is 9.15. The first-order valence-corrected chi connectivity index (χ1v) is 7.01. The van der Waals surface area contributed by atoms with Gasteiger partial charge < -0.3 is 10.1 Å². The first-order valence-electron chi connectivity index (χ1n) is 6.10. The molecule has 2 amide bonds. The third-order valence-electron chi connectivity index (χ3n) is 2.03. The van der Waals surface area contributed by atoms with E-state index in [0.717, 1.165) is 0 Å². The van der Waals surface area contributed by atoms with E-state index in [1.807, 2.05) is 0 Å². The Morgan fingerprint density at radius 2 is 2.05 bits per heavy atom. The number of carbonyl (C=O) groups excluding carboxylic acids is 2. The molecule has 0 heterocycles. The molecule has 7 nitrogen and oxygen atoms in total. The van der Waals surface area contributed by atoms with Crippen LogP contribution in [0.5, 0.6) is 0 Å². The van der Waals surface area contributed by atoms with E-state index in [1.54, 1.807) is 20.8 Å². The monoisotopic (exact) mass is 348 g/mol. The van der Waals surface area contributed by atoms with Crippen LogP contribution in [0.1, 0.15) is 33.6 Å². The minimum Gasteiger partial charge on any atom is -0.444 e. The van der Waals surface area contributed by atoms with Crippen molar-refractivity contribution in [3.05, 3.63) is 0 Å². The average Bonchev–Trinajstić information content (AvgIpc) is 2.31. The molecular formula is C12H21BrN4O3. The number of nitrogens with one attached hydrogen (secondary N) is 3. The van der Waals surface area contributed by atoms with E-state index in [0.29, 0.717) is 13.0 Å². The van der Waals surface area contributed by atoms with Gasteiger partial charge in [0.2, 0.25) is 0 Å². The van der Waals surface area contributed by atoms with Crippen LogP contribution in [-0.4, -0.2) is 41.4 Å². The lowest BCUT2D eigenvalue weighted by Gasteiger charge is -2.20. The largest absolute Gasteiger partial charge is 0.444 e. The fraction of sp³-hybridized carbons (Fsp3) is 0.667. The van der Waals surface area contributed by atoms with Crippen molar-refractivity contribution < 1.29 is 14.3 Å². The number of hydrazone groups is 1. The van der Waals surface area contributed by atoms with Crippen LogP contribution in [0.3, 0.4) is 0 Å². The molecule has 0 aromatic rings. The highest BCUT2D eigenvalue weighted by molar-refractivity contribution is 9.09. The van der Waals surface area contributed by atoms with Gasteiger partial charge in [-0.1, -0.05) is 15.9 Å². The van der Waals surface area contributed by atoms with Gasteiger partial charge in [0.25, 0.3) is 5.91 Å². The summed E-state index contributed by atoms with van der Waals surface area (Å²) in [6.07, 6.45) is 0.303. The lowest BCUT2D eigenvalue weighted by molar-refractivity contribution is -0.114. The van der Waals surface area contributed by atoms with E-state index in [1.165, 1.54) is 0 Å². The Labute approximate surface area is 127 Å². The van der Waals surface area contributed by atoms with Crippen molar-refractivity contribution in [2.45, 2.75) is 44.0 Å². The summed E-state index contributed by atoms with van der Waals surface area (Å²) in [5.74, 6) is -0.570. The van der Waals surface area contributed by atoms with E-state index in [9.17, 15) is 9.59 Å². The van der Waals surface area contributed by atoms with Gasteiger partial charge in [-0.3, -0.25) is 10.2 Å². The fourth-order valence-corrected chi connectivity index (χ4v) is 1.55. The zero-order valence-electron chi connectivity index (χ0n) is 12.0. The summed E-state index contributed by atoms with van der Waals surface area (Å²) < 4.78 is 5.09. The molecule has 1 unspecified atom stereocenters. The van der Waals surface area contributed by atoms with Gasteiger partial charge in [0.1, 0.15) is 5.60 Å². The number of ether oxygens (including phenoxy) is 1. The van der Waals surface area contributed by atoms with Crippen LogP contribution in [0.15, 0.2) is 5.10 Å². The summed E-state index contributed by atoms with van der Waals surface area (Å²) in [6.45, 7) is 8.81. The summed E-state index contributed by atoms with van der Waals surface area (Å²) in [6, 6.07) is 0. The molecule has 8 heteroatoms. The second-order valence-corrected chi connectivity index (χ2v) is 6.39. The van der Waals surface area contributed by atoms with E-state index in [2.05, 4.69) is 38.5 Å². The average molecular weight is 349 g/mol. The SMILES string of the molecule is C=NNC(=O)C(=N)CCC(Br)CNC(=O)OC(C)(C)C. The summed E-state index contributed by atoms with van der Waals surface area (Å²) >= 11 is 3.37. The summed E-state index contributed by atoms with van der Waals surface area (Å²) in [5, 5.41) is 13.3. The number of alkyl halides is 1. The minimum atomic E-state index is -0.570. The van der Waals surface area contributed by atoms with Gasteiger partial charge in [0.15, 0.2) is 0 Å². The summed E-state index contributed by atoms with van der Waals surface area (Å²) in [7, 11) is 0. The van der Waals surface area contributed by atoms with E-state index < -0.39 is 17.6 Å². The molecule has 0 aliphatic carbocycles. The highest BCUT2D eigenvalue weighted by atomic mass is 79.9. The highest BCUT2D eigenvalue weighted by Gasteiger charge is 2.17. The highest BCUT2D eigenvalue weighted by Crippen LogP contribution is 2.09. The topological polar surface area (TPSA) is 104 Å². The van der Waals surface area contributed by atoms with Gasteiger partial charge in [-0.2, -0.15) is 5.10 Å². The molecule has 0 fully saturated rings. The molecule has 0 aliphatic heterocycles. The van der Waals surface area contributed by atoms with Gasteiger partial charge in [0, 0.05) is 18.1 Å². The number of alkyl carbamates (subject to hydrolysis) is 1. The van der Waals surface area contributed by atoms with E-state index in [-0.39, 0.29) is 17.0 Å². The van der Waals surface area contributed by atoms with Crippen molar-refractivity contribution in [1.82, 2.24) is 10.7 Å². The molecule has 0 saturated heterocycles. The van der Waals surface area contributed by atoms with Gasteiger partial charge in [-0.25, -0.2) is 10.2 Å². The molecule has 20 heavy (non-hydrogen) atoms. The molecule has 3 N–H and O–H groups in total. The number of carbonyl (C=O) groups is 2. The Hall–Kier alpha value is -1.44. The van der Waals surface area contributed by atoms with Gasteiger partial charge >= 0.3 is 6.09 Å². The number of hydrogen-bond acceptors (Lipinski definition) is 5. The van der Waals surface area contributed by atoms with E-state index in [4.69, 9.17) is 10.1 Å². The van der Waals surface area contributed by atoms with Crippen LogP contribution in [-0.2, 0) is 9.53 Å². The number of nitrogens with zero attached hydrogens (tertiary/aromatic N) is 1. The second kappa shape index (κ2) is 8.68. The van der Waals surface area contributed by atoms with Crippen molar-refractivity contribution >= 4 is 40.4 Å². The van der Waals surface area contributed by atoms with Crippen LogP contribution in [0.2, 0.25) is 0 Å². The van der Waals surface area contributed by atoms with Gasteiger partial charge in [0.05, 0.1) is 5.71 Å². The summed E-state index contributed by atoms with van der Waals surface area (Å²) in [4.78, 5) is 22.6. The zero-order chi connectivity index (χ0) is 15.8. The Kier molecular flexibility index (Phi) is 8.05. The predicted molar refractivity (Wildman–Crippen MR) is 81.6 cm³/mol. The molecule has 0 saturated carbocycles. The van der Waals surface area contributed by atoms with Crippen LogP contribution in [0, 0.1) is 5.41 Å². The first kappa shape index (κ1) is 18.6. The van der Waals surface area contributed by atoms with Crippen molar-refractivity contribution in [2.75, 3.05) is 6.54 Å². The maximum atomic E-state index is 11.4. The lowest BCUT2D eigenvalue weighted by atomic mass is 10.1. The van der Waals surface area contributed by atoms with Crippen molar-refractivity contribution in [1.29, 1.82) is 5.41 Å². The molecule has 0 spiro atoms. The van der Waals surface area contributed by atoms with E-state index >= 15 is 0 Å². The fourth-order valence-electron chi connectivity index (χ4n) is 1.16. The molecule has 0 bridgehead atoms. The van der Waals surface area contributed by atoms with Crippen LogP contribution >= 0.6 is 15.9 Å². The van der Waals surface area contributed by atoms with Crippen molar-refractivity contribution in [3.8, 4) is 0 Å². The molecule has 0 aromatic carbocycles. The Morgan fingerprint density at radius 1 is 1.45 bits per heavy atom. The van der Waals surface area contributed by atoms with Crippen LogP contribution in [0.4, 0.5) is 4.79 Å². The molecule has 0 aromatic heterocycles. The van der Waals surface area contributed by atoms with Gasteiger partial charge in [-0.15, -0.1) is 0 Å². The molecule has 0 aliphatic rings. The molecule has 1 atom stereocenters. The second-order valence-electron chi connectivity index (χ2n) is 5.10. The summed E-state index contributed by atoms with van der Waals surface area (Å²) in [5.41, 5.74) is 1.47. The maximum absolute atomic E-state index is 11.4. The van der Waals surface area contributed by atoms with Gasteiger partial charge in [-0.05, 0) is 33.6 Å². The molecule has 114 valence electrons. The third-order valence-corrected chi connectivity index (χ3v) is 2.81. The number of hydrogen-bond donors (Lipinski definition) is 3. The van der Waals surface area contributed by atoms with Crippen molar-refractivity contribution in [2.24, 2.45) is 5.10 Å². The third kappa shape index (κ3) is 9.48. The molecule has 0 rings (SSSR count). The molecular weight excluding hydrogens is 328 g/mol.